The predicted octanol–water partition coefficient (Wildman–Crippen LogP) is 0.0882. The molecule has 0 aliphatic carbocycles. The average molecular weight is 278 g/mol. The molecule has 20 heavy (non-hydrogen) atoms. The quantitative estimate of drug-likeness (QED) is 0.743. The molecule has 1 heterocycles. The highest BCUT2D eigenvalue weighted by Crippen LogP contribution is 2.03. The van der Waals surface area contributed by atoms with Gasteiger partial charge in [0.05, 0.1) is 6.54 Å². The summed E-state index contributed by atoms with van der Waals surface area (Å²) in [6, 6.07) is 8.83. The number of carbonyl (C=O) groups excluding carboxylic acids is 1. The lowest BCUT2D eigenvalue weighted by Crippen LogP contribution is -2.55. The number of benzene rings is 1. The van der Waals surface area contributed by atoms with Crippen LogP contribution in [0.1, 0.15) is 5.56 Å². The largest absolute Gasteiger partial charge is 0.480 e. The Balaban J connectivity index is 1.75. The number of carboxylic acids is 1. The first-order valence-corrected chi connectivity index (χ1v) is 6.53. The summed E-state index contributed by atoms with van der Waals surface area (Å²) in [7, 11) is 0. The average Bonchev–Trinajstić information content (AvgIpc) is 2.46. The number of rotatable bonds is 5. The number of piperazine rings is 1. The van der Waals surface area contributed by atoms with E-state index in [1.807, 2.05) is 30.3 Å². The van der Waals surface area contributed by atoms with Crippen LogP contribution in [0.2, 0.25) is 0 Å². The van der Waals surface area contributed by atoms with Crippen LogP contribution in [0.4, 0.5) is 0 Å². The van der Waals surface area contributed by atoms with Crippen LogP contribution < -0.4 is 5.32 Å². The van der Waals surface area contributed by atoms with Crippen LogP contribution in [0.25, 0.3) is 0 Å². The third-order valence-electron chi connectivity index (χ3n) is 3.15. The highest BCUT2D eigenvalue weighted by atomic mass is 16.5. The first kappa shape index (κ1) is 14.5. The topological polar surface area (TPSA) is 78.9 Å². The molecule has 1 aromatic carbocycles. The smallest absolute Gasteiger partial charge is 0.322 e. The van der Waals surface area contributed by atoms with Gasteiger partial charge in [0.1, 0.15) is 12.6 Å². The molecule has 2 N–H and O–H groups in total. The molecule has 108 valence electrons. The molecule has 1 fully saturated rings. The molecule has 0 amide bonds. The van der Waals surface area contributed by atoms with Crippen molar-refractivity contribution in [2.75, 3.05) is 26.2 Å². The lowest BCUT2D eigenvalue weighted by molar-refractivity contribution is -0.148. The molecule has 1 saturated heterocycles. The molecule has 1 atom stereocenters. The zero-order chi connectivity index (χ0) is 14.4. The van der Waals surface area contributed by atoms with Crippen molar-refractivity contribution in [3.05, 3.63) is 35.9 Å². The van der Waals surface area contributed by atoms with Crippen LogP contribution in [0.15, 0.2) is 30.3 Å². The summed E-state index contributed by atoms with van der Waals surface area (Å²) < 4.78 is 5.18. The van der Waals surface area contributed by atoms with Crippen molar-refractivity contribution >= 4 is 11.9 Å². The van der Waals surface area contributed by atoms with Gasteiger partial charge in [-0.3, -0.25) is 14.5 Å². The van der Waals surface area contributed by atoms with Crippen molar-refractivity contribution in [3.63, 3.8) is 0 Å². The molecule has 0 saturated carbocycles. The monoisotopic (exact) mass is 278 g/mol. The van der Waals surface area contributed by atoms with Gasteiger partial charge in [-0.2, -0.15) is 0 Å². The fourth-order valence-corrected chi connectivity index (χ4v) is 2.09. The maximum Gasteiger partial charge on any atom is 0.322 e. The van der Waals surface area contributed by atoms with E-state index in [0.29, 0.717) is 19.6 Å². The number of esters is 1. The molecule has 0 aromatic heterocycles. The molecule has 1 aromatic rings. The van der Waals surface area contributed by atoms with Gasteiger partial charge in [0.25, 0.3) is 0 Å². The van der Waals surface area contributed by atoms with Gasteiger partial charge >= 0.3 is 11.9 Å². The molecule has 0 spiro atoms. The van der Waals surface area contributed by atoms with E-state index in [1.165, 1.54) is 0 Å². The number of hydrogen-bond donors (Lipinski definition) is 2. The fourth-order valence-electron chi connectivity index (χ4n) is 2.09. The Bertz CT molecular complexity index is 464. The van der Waals surface area contributed by atoms with Gasteiger partial charge in [0.2, 0.25) is 0 Å². The van der Waals surface area contributed by atoms with E-state index in [4.69, 9.17) is 9.84 Å². The minimum absolute atomic E-state index is 0.123. The number of hydrogen-bond acceptors (Lipinski definition) is 5. The lowest BCUT2D eigenvalue weighted by Gasteiger charge is -2.30. The fraction of sp³-hybridized carbons (Fsp3) is 0.429. The second kappa shape index (κ2) is 7.02. The van der Waals surface area contributed by atoms with Crippen LogP contribution in [-0.4, -0.2) is 54.2 Å². The Kier molecular flexibility index (Phi) is 5.09. The summed E-state index contributed by atoms with van der Waals surface area (Å²) in [6.07, 6.45) is 0. The second-order valence-corrected chi connectivity index (χ2v) is 4.73. The van der Waals surface area contributed by atoms with Crippen molar-refractivity contribution in [1.82, 2.24) is 10.2 Å². The standard InChI is InChI=1S/C14H18N2O4/c17-13(20-10-11-4-2-1-3-5-11)9-16-7-6-15-12(8-16)14(18)19/h1-5,12,15H,6-10H2,(H,18,19). The Hall–Kier alpha value is -1.92. The number of carboxylic acid groups (broad SMARTS) is 1. The summed E-state index contributed by atoms with van der Waals surface area (Å²) in [5.41, 5.74) is 0.935. The first-order chi connectivity index (χ1) is 9.65. The SMILES string of the molecule is O=C(CN1CCNC(C(=O)O)C1)OCc1ccccc1. The summed E-state index contributed by atoms with van der Waals surface area (Å²) in [5.74, 6) is -1.23. The van der Waals surface area contributed by atoms with Gasteiger partial charge in [-0.25, -0.2) is 0 Å². The molecule has 0 bridgehead atoms. The normalized spacial score (nSPS) is 19.5. The molecule has 1 aliphatic heterocycles. The van der Waals surface area contributed by atoms with Gasteiger partial charge in [-0.05, 0) is 5.56 Å². The zero-order valence-corrected chi connectivity index (χ0v) is 11.1. The van der Waals surface area contributed by atoms with E-state index in [2.05, 4.69) is 5.32 Å². The highest BCUT2D eigenvalue weighted by Gasteiger charge is 2.26. The maximum atomic E-state index is 11.7. The van der Waals surface area contributed by atoms with Crippen LogP contribution in [0.3, 0.4) is 0 Å². The maximum absolute atomic E-state index is 11.7. The van der Waals surface area contributed by atoms with E-state index < -0.39 is 12.0 Å². The van der Waals surface area contributed by atoms with Gasteiger partial charge in [-0.15, -0.1) is 0 Å². The van der Waals surface area contributed by atoms with Crippen LogP contribution in [0, 0.1) is 0 Å². The van der Waals surface area contributed by atoms with Crippen molar-refractivity contribution in [1.29, 1.82) is 0 Å². The highest BCUT2D eigenvalue weighted by molar-refractivity contribution is 5.74. The Morgan fingerprint density at radius 3 is 2.80 bits per heavy atom. The van der Waals surface area contributed by atoms with E-state index >= 15 is 0 Å². The Morgan fingerprint density at radius 1 is 1.35 bits per heavy atom. The number of carbonyl (C=O) groups is 2. The third kappa shape index (κ3) is 4.32. The van der Waals surface area contributed by atoms with E-state index in [-0.39, 0.29) is 19.1 Å². The minimum atomic E-state index is -0.896. The first-order valence-electron chi connectivity index (χ1n) is 6.53. The molecule has 2 rings (SSSR count). The summed E-state index contributed by atoms with van der Waals surface area (Å²) in [4.78, 5) is 24.4. The number of nitrogens with one attached hydrogen (secondary N) is 1. The van der Waals surface area contributed by atoms with Gasteiger partial charge < -0.3 is 15.2 Å². The summed E-state index contributed by atoms with van der Waals surface area (Å²) in [5, 5.41) is 11.8. The van der Waals surface area contributed by atoms with Gasteiger partial charge in [-0.1, -0.05) is 30.3 Å². The van der Waals surface area contributed by atoms with Crippen LogP contribution in [0.5, 0.6) is 0 Å². The molecule has 6 heteroatoms. The van der Waals surface area contributed by atoms with E-state index in [1.54, 1.807) is 4.90 Å². The molecular formula is C14H18N2O4. The van der Waals surface area contributed by atoms with Crippen molar-refractivity contribution in [2.45, 2.75) is 12.6 Å². The molecular weight excluding hydrogens is 260 g/mol. The molecule has 1 aliphatic rings. The number of ether oxygens (including phenoxy) is 1. The Labute approximate surface area is 117 Å². The minimum Gasteiger partial charge on any atom is -0.480 e. The van der Waals surface area contributed by atoms with Crippen LogP contribution in [-0.2, 0) is 20.9 Å². The van der Waals surface area contributed by atoms with Crippen molar-refractivity contribution in [3.8, 4) is 0 Å². The molecule has 0 radical (unpaired) electrons. The second-order valence-electron chi connectivity index (χ2n) is 4.73. The Morgan fingerprint density at radius 2 is 2.10 bits per heavy atom. The van der Waals surface area contributed by atoms with E-state index in [0.717, 1.165) is 5.56 Å². The third-order valence-corrected chi connectivity index (χ3v) is 3.15. The number of aliphatic carboxylic acids is 1. The van der Waals surface area contributed by atoms with Crippen LogP contribution >= 0.6 is 0 Å². The zero-order valence-electron chi connectivity index (χ0n) is 11.1. The van der Waals surface area contributed by atoms with Gasteiger partial charge in [0, 0.05) is 19.6 Å². The predicted molar refractivity (Wildman–Crippen MR) is 72.1 cm³/mol. The molecule has 1 unspecified atom stereocenters. The molecule has 6 nitrogen and oxygen atoms in total. The van der Waals surface area contributed by atoms with E-state index in [9.17, 15) is 9.59 Å². The van der Waals surface area contributed by atoms with Gasteiger partial charge in [0.15, 0.2) is 0 Å². The lowest BCUT2D eigenvalue weighted by atomic mass is 10.2. The number of nitrogens with zero attached hydrogens (tertiary/aromatic N) is 1. The van der Waals surface area contributed by atoms with Crippen molar-refractivity contribution < 1.29 is 19.4 Å². The van der Waals surface area contributed by atoms with Crippen molar-refractivity contribution in [2.24, 2.45) is 0 Å². The summed E-state index contributed by atoms with van der Waals surface area (Å²) in [6.45, 7) is 1.88. The summed E-state index contributed by atoms with van der Waals surface area (Å²) >= 11 is 0.